The van der Waals surface area contributed by atoms with Crippen LogP contribution in [-0.4, -0.2) is 21.4 Å². The van der Waals surface area contributed by atoms with Crippen molar-refractivity contribution in [2.24, 2.45) is 0 Å². The zero-order chi connectivity index (χ0) is 19.2. The van der Waals surface area contributed by atoms with E-state index in [0.29, 0.717) is 11.0 Å². The van der Waals surface area contributed by atoms with E-state index in [0.717, 1.165) is 21.3 Å². The van der Waals surface area contributed by atoms with E-state index < -0.39 is 0 Å². The molecule has 1 amide bonds. The van der Waals surface area contributed by atoms with Crippen LogP contribution in [0.2, 0.25) is 0 Å². The summed E-state index contributed by atoms with van der Waals surface area (Å²) in [7, 11) is 0. The first-order valence-electron chi connectivity index (χ1n) is 8.75. The lowest BCUT2D eigenvalue weighted by Crippen LogP contribution is -2.23. The van der Waals surface area contributed by atoms with Crippen LogP contribution in [0.1, 0.15) is 32.3 Å². The number of benzene rings is 2. The average Bonchev–Trinajstić information content (AvgIpc) is 3.09. The van der Waals surface area contributed by atoms with Crippen LogP contribution in [0.15, 0.2) is 58.9 Å². The van der Waals surface area contributed by atoms with Gasteiger partial charge < -0.3 is 10.6 Å². The Morgan fingerprint density at radius 3 is 2.44 bits per heavy atom. The number of carbonyl (C=O) groups is 1. The van der Waals surface area contributed by atoms with Crippen molar-refractivity contribution in [1.29, 1.82) is 0 Å². The monoisotopic (exact) mass is 398 g/mol. The lowest BCUT2D eigenvalue weighted by Gasteiger charge is -2.15. The SMILES string of the molecule is CC(C)c1ccccc1NC(=O)[C@@H](C)Sc1nnc(Nc2ccccc2)s1. The van der Waals surface area contributed by atoms with Gasteiger partial charge in [-0.1, -0.05) is 73.3 Å². The van der Waals surface area contributed by atoms with Crippen molar-refractivity contribution in [3.8, 4) is 0 Å². The first-order valence-corrected chi connectivity index (χ1v) is 10.4. The Labute approximate surface area is 167 Å². The number of anilines is 3. The molecule has 0 saturated carbocycles. The number of hydrogen-bond donors (Lipinski definition) is 2. The number of nitrogens with zero attached hydrogens (tertiary/aromatic N) is 2. The minimum atomic E-state index is -0.275. The van der Waals surface area contributed by atoms with Crippen LogP contribution in [0.5, 0.6) is 0 Å². The molecule has 0 unspecified atom stereocenters. The molecule has 0 saturated heterocycles. The molecule has 7 heteroatoms. The Balaban J connectivity index is 1.60. The fourth-order valence-electron chi connectivity index (χ4n) is 2.51. The minimum Gasteiger partial charge on any atom is -0.330 e. The second-order valence-corrected chi connectivity index (χ2v) is 8.92. The first kappa shape index (κ1) is 19.4. The molecule has 0 bridgehead atoms. The van der Waals surface area contributed by atoms with Crippen molar-refractivity contribution in [1.82, 2.24) is 10.2 Å². The summed E-state index contributed by atoms with van der Waals surface area (Å²) < 4.78 is 0.758. The van der Waals surface area contributed by atoms with Gasteiger partial charge in [0.2, 0.25) is 11.0 Å². The highest BCUT2D eigenvalue weighted by molar-refractivity contribution is 8.02. The van der Waals surface area contributed by atoms with Crippen LogP contribution < -0.4 is 10.6 Å². The van der Waals surface area contributed by atoms with Crippen LogP contribution in [-0.2, 0) is 4.79 Å². The van der Waals surface area contributed by atoms with E-state index in [4.69, 9.17) is 0 Å². The Kier molecular flexibility index (Phi) is 6.47. The van der Waals surface area contributed by atoms with E-state index >= 15 is 0 Å². The molecule has 0 radical (unpaired) electrons. The molecule has 1 heterocycles. The van der Waals surface area contributed by atoms with Crippen molar-refractivity contribution >= 4 is 45.5 Å². The lowest BCUT2D eigenvalue weighted by atomic mass is 10.0. The van der Waals surface area contributed by atoms with Crippen LogP contribution in [0.3, 0.4) is 0 Å². The van der Waals surface area contributed by atoms with E-state index in [1.807, 2.05) is 61.5 Å². The molecule has 2 aromatic carbocycles. The largest absolute Gasteiger partial charge is 0.330 e. The fraction of sp³-hybridized carbons (Fsp3) is 0.250. The van der Waals surface area contributed by atoms with Gasteiger partial charge in [0.15, 0.2) is 4.34 Å². The average molecular weight is 399 g/mol. The maximum Gasteiger partial charge on any atom is 0.237 e. The Morgan fingerprint density at radius 1 is 1.00 bits per heavy atom. The van der Waals surface area contributed by atoms with Gasteiger partial charge in [0.1, 0.15) is 0 Å². The molecule has 0 fully saturated rings. The summed E-state index contributed by atoms with van der Waals surface area (Å²) in [5.74, 6) is 0.306. The van der Waals surface area contributed by atoms with Gasteiger partial charge in [-0.25, -0.2) is 0 Å². The molecule has 27 heavy (non-hydrogen) atoms. The van der Waals surface area contributed by atoms with Crippen LogP contribution in [0.4, 0.5) is 16.5 Å². The molecular weight excluding hydrogens is 376 g/mol. The molecule has 3 rings (SSSR count). The predicted molar refractivity (Wildman–Crippen MR) is 114 cm³/mol. The molecular formula is C20H22N4OS2. The zero-order valence-electron chi connectivity index (χ0n) is 15.5. The third-order valence-electron chi connectivity index (χ3n) is 3.92. The quantitative estimate of drug-likeness (QED) is 0.513. The van der Waals surface area contributed by atoms with Gasteiger partial charge in [-0.2, -0.15) is 0 Å². The summed E-state index contributed by atoms with van der Waals surface area (Å²) in [4.78, 5) is 12.6. The molecule has 0 spiro atoms. The number of amides is 1. The molecule has 1 atom stereocenters. The molecule has 0 aliphatic heterocycles. The highest BCUT2D eigenvalue weighted by Gasteiger charge is 2.19. The number of thioether (sulfide) groups is 1. The van der Waals surface area contributed by atoms with Crippen LogP contribution >= 0.6 is 23.1 Å². The number of nitrogens with one attached hydrogen (secondary N) is 2. The molecule has 0 aliphatic rings. The van der Waals surface area contributed by atoms with Gasteiger partial charge in [-0.05, 0) is 36.6 Å². The Morgan fingerprint density at radius 2 is 1.70 bits per heavy atom. The van der Waals surface area contributed by atoms with Crippen molar-refractivity contribution in [3.05, 3.63) is 60.2 Å². The zero-order valence-corrected chi connectivity index (χ0v) is 17.1. The predicted octanol–water partition coefficient (Wildman–Crippen LogP) is 5.52. The van der Waals surface area contributed by atoms with E-state index in [-0.39, 0.29) is 11.2 Å². The molecule has 0 aliphatic carbocycles. The molecule has 3 aromatic rings. The summed E-state index contributed by atoms with van der Waals surface area (Å²) in [6.07, 6.45) is 0. The Hall–Kier alpha value is -2.38. The number of carbonyl (C=O) groups excluding carboxylic acids is 1. The van der Waals surface area contributed by atoms with E-state index in [9.17, 15) is 4.79 Å². The third kappa shape index (κ3) is 5.30. The summed E-state index contributed by atoms with van der Waals surface area (Å²) in [6.45, 7) is 6.11. The van der Waals surface area contributed by atoms with E-state index in [1.54, 1.807) is 0 Å². The van der Waals surface area contributed by atoms with Crippen molar-refractivity contribution in [3.63, 3.8) is 0 Å². The Bertz CT molecular complexity index is 896. The van der Waals surface area contributed by atoms with Gasteiger partial charge in [-0.15, -0.1) is 10.2 Å². The fourth-order valence-corrected chi connectivity index (χ4v) is 4.42. The first-order chi connectivity index (χ1) is 13.0. The van der Waals surface area contributed by atoms with Crippen molar-refractivity contribution in [2.75, 3.05) is 10.6 Å². The molecule has 5 nitrogen and oxygen atoms in total. The topological polar surface area (TPSA) is 66.9 Å². The summed E-state index contributed by atoms with van der Waals surface area (Å²) in [5.41, 5.74) is 2.96. The summed E-state index contributed by atoms with van der Waals surface area (Å²) in [5, 5.41) is 15.0. The van der Waals surface area contributed by atoms with Gasteiger partial charge in [-0.3, -0.25) is 4.79 Å². The smallest absolute Gasteiger partial charge is 0.237 e. The number of aromatic nitrogens is 2. The van der Waals surface area contributed by atoms with Gasteiger partial charge in [0.25, 0.3) is 0 Å². The lowest BCUT2D eigenvalue weighted by molar-refractivity contribution is -0.115. The van der Waals surface area contributed by atoms with Gasteiger partial charge in [0, 0.05) is 11.4 Å². The van der Waals surface area contributed by atoms with Crippen LogP contribution in [0, 0.1) is 0 Å². The molecule has 1 aromatic heterocycles. The van der Waals surface area contributed by atoms with Crippen LogP contribution in [0.25, 0.3) is 0 Å². The van der Waals surface area contributed by atoms with E-state index in [2.05, 4.69) is 34.7 Å². The normalized spacial score (nSPS) is 12.0. The molecule has 140 valence electrons. The summed E-state index contributed by atoms with van der Waals surface area (Å²) in [6, 6.07) is 17.7. The van der Waals surface area contributed by atoms with Crippen molar-refractivity contribution < 1.29 is 4.79 Å². The number of hydrogen-bond acceptors (Lipinski definition) is 6. The van der Waals surface area contributed by atoms with E-state index in [1.165, 1.54) is 23.1 Å². The maximum atomic E-state index is 12.6. The summed E-state index contributed by atoms with van der Waals surface area (Å²) >= 11 is 2.85. The standard InChI is InChI=1S/C20H22N4OS2/c1-13(2)16-11-7-8-12-17(16)22-18(25)14(3)26-20-24-23-19(27-20)21-15-9-5-4-6-10-15/h4-14H,1-3H3,(H,21,23)(H,22,25)/t14-/m1/s1. The number of para-hydroxylation sites is 2. The van der Waals surface area contributed by atoms with Gasteiger partial charge >= 0.3 is 0 Å². The molecule has 2 N–H and O–H groups in total. The number of rotatable bonds is 7. The third-order valence-corrected chi connectivity index (χ3v) is 5.94. The highest BCUT2D eigenvalue weighted by Crippen LogP contribution is 2.31. The van der Waals surface area contributed by atoms with Gasteiger partial charge in [0.05, 0.1) is 5.25 Å². The highest BCUT2D eigenvalue weighted by atomic mass is 32.2. The minimum absolute atomic E-state index is 0.0409. The van der Waals surface area contributed by atoms with Crippen molar-refractivity contribution in [2.45, 2.75) is 36.3 Å². The second-order valence-electron chi connectivity index (χ2n) is 6.36. The maximum absolute atomic E-state index is 12.6. The second kappa shape index (κ2) is 9.01.